The number of anilines is 2. The zero-order chi connectivity index (χ0) is 25.4. The summed E-state index contributed by atoms with van der Waals surface area (Å²) in [4.78, 5) is 17.7. The largest absolute Gasteiger partial charge is 0.490 e. The van der Waals surface area contributed by atoms with Gasteiger partial charge in [-0.3, -0.25) is 9.78 Å². The van der Waals surface area contributed by atoms with E-state index in [0.717, 1.165) is 39.0 Å². The Morgan fingerprint density at radius 1 is 1.11 bits per heavy atom. The van der Waals surface area contributed by atoms with E-state index in [2.05, 4.69) is 34.2 Å². The molecule has 0 aliphatic heterocycles. The lowest BCUT2D eigenvalue weighted by atomic mass is 10.1. The molecule has 0 spiro atoms. The molecule has 4 rings (SSSR count). The average Bonchev–Trinajstić information content (AvgIpc) is 2.82. The second-order valence-electron chi connectivity index (χ2n) is 8.74. The number of hydrogen-bond donors (Lipinski definition) is 4. The first kappa shape index (κ1) is 25.5. The van der Waals surface area contributed by atoms with Gasteiger partial charge in [0.05, 0.1) is 22.5 Å². The first-order valence-electron chi connectivity index (χ1n) is 11.2. The van der Waals surface area contributed by atoms with Crippen molar-refractivity contribution in [1.82, 2.24) is 9.97 Å². The topological polar surface area (TPSA) is 136 Å². The summed E-state index contributed by atoms with van der Waals surface area (Å²) < 4.78 is 5.75. The summed E-state index contributed by atoms with van der Waals surface area (Å²) in [6.45, 7) is 6.26. The minimum absolute atomic E-state index is 0.228. The van der Waals surface area contributed by atoms with Crippen LogP contribution in [0.2, 0.25) is 0 Å². The molecule has 6 N–H and O–H groups in total. The monoisotopic (exact) mass is 473 g/mol. The Morgan fingerprint density at radius 2 is 1.89 bits per heavy atom. The summed E-state index contributed by atoms with van der Waals surface area (Å²) in [6, 6.07) is 19.8. The maximum atomic E-state index is 9.89. The molecule has 8 nitrogen and oxygen atoms in total. The Bertz CT molecular complexity index is 1300. The highest BCUT2D eigenvalue weighted by molar-refractivity contribution is 5.79. The number of ether oxygens (including phenoxy) is 1. The van der Waals surface area contributed by atoms with Crippen LogP contribution in [0.1, 0.15) is 25.0 Å². The minimum atomic E-state index is -0.883. The summed E-state index contributed by atoms with van der Waals surface area (Å²) in [5, 5.41) is 14.3. The number of benzene rings is 2. The van der Waals surface area contributed by atoms with Crippen LogP contribution in [0.4, 0.5) is 11.5 Å². The average molecular weight is 474 g/mol. The second kappa shape index (κ2) is 11.3. The molecule has 0 radical (unpaired) electrons. The summed E-state index contributed by atoms with van der Waals surface area (Å²) in [5.41, 5.74) is 14.9. The van der Waals surface area contributed by atoms with E-state index in [1.807, 2.05) is 49.4 Å². The fraction of sp³-hybridized carbons (Fsp3) is 0.222. The van der Waals surface area contributed by atoms with Crippen LogP contribution in [0.25, 0.3) is 22.2 Å². The lowest BCUT2D eigenvalue weighted by molar-refractivity contribution is -0.106. The van der Waals surface area contributed by atoms with Crippen LogP contribution in [0.15, 0.2) is 66.9 Å². The molecular weight excluding hydrogens is 442 g/mol. The molecule has 0 fully saturated rings. The van der Waals surface area contributed by atoms with E-state index in [4.69, 9.17) is 20.2 Å². The molecule has 2 heterocycles. The number of nitrogens with zero attached hydrogens (tertiary/aromatic N) is 2. The highest BCUT2D eigenvalue weighted by Gasteiger charge is 2.14. The predicted molar refractivity (Wildman–Crippen MR) is 140 cm³/mol. The molecule has 0 unspecified atom stereocenters. The van der Waals surface area contributed by atoms with Gasteiger partial charge in [0.25, 0.3) is 0 Å². The molecule has 4 aromatic rings. The quantitative estimate of drug-likeness (QED) is 0.297. The van der Waals surface area contributed by atoms with Crippen molar-refractivity contribution in [2.75, 3.05) is 17.7 Å². The standard InChI is InChI=1S/C26H28N4O2.CH3NO/c1-17-13-20(7-11-24(17)32-16-26(2,3)31)23-10-8-21(27)25(30-23)29-15-18-6-9-22-19(14-18)5-4-12-28-22;2-1-3/h4-14,31H,15-16,27H2,1-3H3,(H,29,30);1H,(H2,2,3). The van der Waals surface area contributed by atoms with Crippen molar-refractivity contribution >= 4 is 28.8 Å². The number of carbonyl (C=O) groups is 1. The van der Waals surface area contributed by atoms with E-state index in [1.54, 1.807) is 20.0 Å². The number of nitrogens with one attached hydrogen (secondary N) is 1. The molecule has 2 aromatic carbocycles. The maximum Gasteiger partial charge on any atom is 0.204 e. The number of aromatic nitrogens is 2. The van der Waals surface area contributed by atoms with Gasteiger partial charge in [0.15, 0.2) is 0 Å². The molecule has 0 aliphatic carbocycles. The van der Waals surface area contributed by atoms with Crippen molar-refractivity contribution < 1.29 is 14.6 Å². The van der Waals surface area contributed by atoms with Gasteiger partial charge in [-0.25, -0.2) is 4.98 Å². The molecule has 2 aromatic heterocycles. The number of rotatable bonds is 7. The summed E-state index contributed by atoms with van der Waals surface area (Å²) >= 11 is 0. The van der Waals surface area contributed by atoms with Crippen LogP contribution >= 0.6 is 0 Å². The number of hydrogen-bond acceptors (Lipinski definition) is 7. The predicted octanol–water partition coefficient (Wildman–Crippen LogP) is 4.05. The zero-order valence-electron chi connectivity index (χ0n) is 20.2. The number of nitrogen functional groups attached to an aromatic ring is 1. The highest BCUT2D eigenvalue weighted by Crippen LogP contribution is 2.28. The maximum absolute atomic E-state index is 9.89. The van der Waals surface area contributed by atoms with E-state index in [0.29, 0.717) is 18.1 Å². The number of primary amides is 1. The van der Waals surface area contributed by atoms with Crippen LogP contribution < -0.4 is 21.5 Å². The summed E-state index contributed by atoms with van der Waals surface area (Å²) in [7, 11) is 0. The number of aliphatic hydroxyl groups is 1. The lowest BCUT2D eigenvalue weighted by Gasteiger charge is -2.19. The Hall–Kier alpha value is -4.17. The highest BCUT2D eigenvalue weighted by atomic mass is 16.5. The first-order chi connectivity index (χ1) is 16.7. The Kier molecular flexibility index (Phi) is 8.22. The molecule has 1 amide bonds. The third kappa shape index (κ3) is 7.15. The van der Waals surface area contributed by atoms with E-state index in [-0.39, 0.29) is 13.0 Å². The van der Waals surface area contributed by atoms with Gasteiger partial charge in [0.1, 0.15) is 18.2 Å². The molecule has 0 saturated heterocycles. The normalized spacial score (nSPS) is 10.9. The van der Waals surface area contributed by atoms with Gasteiger partial charge in [-0.15, -0.1) is 0 Å². The third-order valence-corrected chi connectivity index (χ3v) is 5.11. The number of amides is 1. The van der Waals surface area contributed by atoms with Crippen LogP contribution in [0.5, 0.6) is 5.75 Å². The number of nitrogens with two attached hydrogens (primary N) is 2. The zero-order valence-corrected chi connectivity index (χ0v) is 20.2. The first-order valence-corrected chi connectivity index (χ1v) is 11.2. The minimum Gasteiger partial charge on any atom is -0.490 e. The number of carbonyl (C=O) groups excluding carboxylic acids is 1. The van der Waals surface area contributed by atoms with Crippen molar-refractivity contribution in [3.63, 3.8) is 0 Å². The van der Waals surface area contributed by atoms with Crippen molar-refractivity contribution in [2.45, 2.75) is 32.9 Å². The Morgan fingerprint density at radius 3 is 2.60 bits per heavy atom. The molecule has 0 aliphatic rings. The van der Waals surface area contributed by atoms with E-state index >= 15 is 0 Å². The Labute approximate surface area is 205 Å². The second-order valence-corrected chi connectivity index (χ2v) is 8.74. The van der Waals surface area contributed by atoms with Gasteiger partial charge in [0.2, 0.25) is 6.41 Å². The number of fused-ring (bicyclic) bond motifs is 1. The van der Waals surface area contributed by atoms with Crippen LogP contribution in [0, 0.1) is 6.92 Å². The third-order valence-electron chi connectivity index (χ3n) is 5.11. The van der Waals surface area contributed by atoms with Crippen LogP contribution in [-0.4, -0.2) is 33.7 Å². The van der Waals surface area contributed by atoms with Gasteiger partial charge in [-0.2, -0.15) is 0 Å². The Balaban J connectivity index is 0.00000108. The van der Waals surface area contributed by atoms with Gasteiger partial charge in [-0.1, -0.05) is 12.1 Å². The smallest absolute Gasteiger partial charge is 0.204 e. The van der Waals surface area contributed by atoms with Crippen molar-refractivity contribution in [1.29, 1.82) is 0 Å². The van der Waals surface area contributed by atoms with Crippen molar-refractivity contribution in [3.8, 4) is 17.0 Å². The molecule has 0 atom stereocenters. The summed E-state index contributed by atoms with van der Waals surface area (Å²) in [6.07, 6.45) is 2.05. The number of aryl methyl sites for hydroxylation is 1. The summed E-state index contributed by atoms with van der Waals surface area (Å²) in [5.74, 6) is 1.39. The molecule has 0 bridgehead atoms. The van der Waals surface area contributed by atoms with Crippen LogP contribution in [0.3, 0.4) is 0 Å². The van der Waals surface area contributed by atoms with Gasteiger partial charge < -0.3 is 26.6 Å². The van der Waals surface area contributed by atoms with E-state index < -0.39 is 5.60 Å². The number of pyridine rings is 2. The van der Waals surface area contributed by atoms with Crippen molar-refractivity contribution in [3.05, 3.63) is 78.0 Å². The lowest BCUT2D eigenvalue weighted by Crippen LogP contribution is -2.28. The molecule has 182 valence electrons. The molecule has 35 heavy (non-hydrogen) atoms. The molecule has 0 saturated carbocycles. The van der Waals surface area contributed by atoms with Gasteiger partial charge >= 0.3 is 0 Å². The SMILES string of the molecule is Cc1cc(-c2ccc(N)c(NCc3ccc4ncccc4c3)n2)ccc1OCC(C)(C)O.NC=O. The van der Waals surface area contributed by atoms with Crippen molar-refractivity contribution in [2.24, 2.45) is 5.73 Å². The fourth-order valence-corrected chi connectivity index (χ4v) is 3.42. The molecule has 8 heteroatoms. The fourth-order valence-electron chi connectivity index (χ4n) is 3.42. The van der Waals surface area contributed by atoms with Gasteiger partial charge in [-0.05, 0) is 80.4 Å². The molecular formula is C27H31N5O3. The van der Waals surface area contributed by atoms with E-state index in [1.165, 1.54) is 0 Å². The van der Waals surface area contributed by atoms with Gasteiger partial charge in [0, 0.05) is 23.7 Å². The van der Waals surface area contributed by atoms with E-state index in [9.17, 15) is 5.11 Å². The van der Waals surface area contributed by atoms with Crippen LogP contribution in [-0.2, 0) is 11.3 Å².